The lowest BCUT2D eigenvalue weighted by molar-refractivity contribution is 0.905. The molecule has 0 spiro atoms. The Labute approximate surface area is 108 Å². The van der Waals surface area contributed by atoms with Crippen LogP contribution in [0.5, 0.6) is 0 Å². The molecule has 0 radical (unpaired) electrons. The van der Waals surface area contributed by atoms with E-state index >= 15 is 0 Å². The first-order chi connectivity index (χ1) is 7.65. The molecule has 84 valence electrons. The summed E-state index contributed by atoms with van der Waals surface area (Å²) in [5.41, 5.74) is 1.04. The maximum absolute atomic E-state index is 4.13. The lowest BCUT2D eigenvalue weighted by atomic mass is 10.2. The molecule has 16 heavy (non-hydrogen) atoms. The minimum Gasteiger partial charge on any atom is -0.376 e. The third-order valence-electron chi connectivity index (χ3n) is 2.28. The van der Waals surface area contributed by atoms with Crippen molar-refractivity contribution in [1.82, 2.24) is 4.98 Å². The minimum absolute atomic E-state index is 0.315. The van der Waals surface area contributed by atoms with Crippen LogP contribution in [0.4, 0.5) is 5.69 Å². The fourth-order valence-corrected chi connectivity index (χ4v) is 2.74. The minimum atomic E-state index is 0.315. The van der Waals surface area contributed by atoms with Gasteiger partial charge in [0.2, 0.25) is 0 Å². The third-order valence-corrected chi connectivity index (χ3v) is 3.89. The SMILES string of the molecule is Cc1ccc(C(C)Nc2cncc(Br)c2)s1. The van der Waals surface area contributed by atoms with Crippen molar-refractivity contribution < 1.29 is 0 Å². The van der Waals surface area contributed by atoms with E-state index in [-0.39, 0.29) is 0 Å². The average molecular weight is 297 g/mol. The number of hydrogen-bond acceptors (Lipinski definition) is 3. The van der Waals surface area contributed by atoms with Crippen LogP contribution in [-0.4, -0.2) is 4.98 Å². The van der Waals surface area contributed by atoms with Crippen molar-refractivity contribution in [3.63, 3.8) is 0 Å². The maximum Gasteiger partial charge on any atom is 0.0579 e. The highest BCUT2D eigenvalue weighted by Crippen LogP contribution is 2.26. The molecule has 0 fully saturated rings. The zero-order valence-corrected chi connectivity index (χ0v) is 11.6. The van der Waals surface area contributed by atoms with Gasteiger partial charge in [0.05, 0.1) is 17.9 Å². The van der Waals surface area contributed by atoms with E-state index in [1.165, 1.54) is 9.75 Å². The topological polar surface area (TPSA) is 24.9 Å². The van der Waals surface area contributed by atoms with Gasteiger partial charge in [-0.1, -0.05) is 0 Å². The first-order valence-corrected chi connectivity index (χ1v) is 6.69. The molecule has 0 bridgehead atoms. The number of aromatic nitrogens is 1. The molecule has 2 heterocycles. The van der Waals surface area contributed by atoms with Gasteiger partial charge in [0.25, 0.3) is 0 Å². The Kier molecular flexibility index (Phi) is 3.61. The largest absolute Gasteiger partial charge is 0.376 e. The summed E-state index contributed by atoms with van der Waals surface area (Å²) in [4.78, 5) is 6.82. The van der Waals surface area contributed by atoms with Gasteiger partial charge >= 0.3 is 0 Å². The van der Waals surface area contributed by atoms with Crippen molar-refractivity contribution >= 4 is 33.0 Å². The molecule has 0 aliphatic rings. The summed E-state index contributed by atoms with van der Waals surface area (Å²) in [5.74, 6) is 0. The number of halogens is 1. The van der Waals surface area contributed by atoms with E-state index in [1.807, 2.05) is 23.6 Å². The number of anilines is 1. The molecule has 0 saturated carbocycles. The number of nitrogens with zero attached hydrogens (tertiary/aromatic N) is 1. The molecule has 2 aromatic heterocycles. The molecule has 0 aliphatic heterocycles. The maximum atomic E-state index is 4.13. The van der Waals surface area contributed by atoms with E-state index in [0.717, 1.165) is 10.2 Å². The normalized spacial score (nSPS) is 12.4. The van der Waals surface area contributed by atoms with Crippen LogP contribution < -0.4 is 5.32 Å². The van der Waals surface area contributed by atoms with Gasteiger partial charge in [0.1, 0.15) is 0 Å². The first-order valence-electron chi connectivity index (χ1n) is 5.08. The number of hydrogen-bond donors (Lipinski definition) is 1. The second-order valence-corrected chi connectivity index (χ2v) is 5.94. The van der Waals surface area contributed by atoms with E-state index in [4.69, 9.17) is 0 Å². The van der Waals surface area contributed by atoms with Crippen LogP contribution in [0.3, 0.4) is 0 Å². The van der Waals surface area contributed by atoms with Gasteiger partial charge in [-0.05, 0) is 48.0 Å². The second-order valence-electron chi connectivity index (χ2n) is 3.71. The molecule has 2 aromatic rings. The first kappa shape index (κ1) is 11.6. The van der Waals surface area contributed by atoms with Crippen LogP contribution in [0.25, 0.3) is 0 Å². The van der Waals surface area contributed by atoms with Crippen LogP contribution in [0.1, 0.15) is 22.7 Å². The van der Waals surface area contributed by atoms with Crippen LogP contribution in [0.2, 0.25) is 0 Å². The van der Waals surface area contributed by atoms with E-state index in [2.05, 4.69) is 52.2 Å². The lowest BCUT2D eigenvalue weighted by Gasteiger charge is -2.13. The van der Waals surface area contributed by atoms with Crippen molar-refractivity contribution in [1.29, 1.82) is 0 Å². The standard InChI is InChI=1S/C12H13BrN2S/c1-8-3-4-12(16-8)9(2)15-11-5-10(13)6-14-7-11/h3-7,9,15H,1-2H3. The predicted octanol–water partition coefficient (Wildman–Crippen LogP) is 4.39. The summed E-state index contributed by atoms with van der Waals surface area (Å²) in [7, 11) is 0. The molecule has 2 rings (SSSR count). The van der Waals surface area contributed by atoms with Crippen molar-refractivity contribution in [2.24, 2.45) is 0 Å². The molecule has 0 saturated heterocycles. The van der Waals surface area contributed by atoms with Crippen LogP contribution >= 0.6 is 27.3 Å². The van der Waals surface area contributed by atoms with E-state index in [9.17, 15) is 0 Å². The fourth-order valence-electron chi connectivity index (χ4n) is 1.50. The van der Waals surface area contributed by atoms with Gasteiger partial charge in [-0.15, -0.1) is 11.3 Å². The van der Waals surface area contributed by atoms with E-state index in [1.54, 1.807) is 6.20 Å². The molecule has 0 amide bonds. The quantitative estimate of drug-likeness (QED) is 0.909. The van der Waals surface area contributed by atoms with Gasteiger partial charge < -0.3 is 5.32 Å². The molecule has 1 atom stereocenters. The highest BCUT2D eigenvalue weighted by molar-refractivity contribution is 9.10. The number of pyridine rings is 1. The van der Waals surface area contributed by atoms with Crippen molar-refractivity contribution in [2.45, 2.75) is 19.9 Å². The molecule has 2 nitrogen and oxygen atoms in total. The molecule has 0 aromatic carbocycles. The highest BCUT2D eigenvalue weighted by Gasteiger charge is 2.07. The van der Waals surface area contributed by atoms with Crippen LogP contribution in [0, 0.1) is 6.92 Å². The van der Waals surface area contributed by atoms with Crippen LogP contribution in [-0.2, 0) is 0 Å². The zero-order valence-electron chi connectivity index (χ0n) is 9.20. The van der Waals surface area contributed by atoms with Crippen molar-refractivity contribution in [3.8, 4) is 0 Å². The summed E-state index contributed by atoms with van der Waals surface area (Å²) in [6, 6.07) is 6.67. The average Bonchev–Trinajstić information content (AvgIpc) is 2.65. The number of aryl methyl sites for hydroxylation is 1. The van der Waals surface area contributed by atoms with Crippen molar-refractivity contribution in [3.05, 3.63) is 44.8 Å². The molecular formula is C12H13BrN2S. The Morgan fingerprint density at radius 1 is 1.38 bits per heavy atom. The second kappa shape index (κ2) is 4.97. The Bertz CT molecular complexity index is 481. The van der Waals surface area contributed by atoms with Gasteiger partial charge in [-0.2, -0.15) is 0 Å². The molecule has 1 N–H and O–H groups in total. The Morgan fingerprint density at radius 2 is 2.19 bits per heavy atom. The molecule has 0 aliphatic carbocycles. The predicted molar refractivity (Wildman–Crippen MR) is 73.0 cm³/mol. The number of rotatable bonds is 3. The van der Waals surface area contributed by atoms with E-state index in [0.29, 0.717) is 6.04 Å². The summed E-state index contributed by atoms with van der Waals surface area (Å²) >= 11 is 5.24. The zero-order chi connectivity index (χ0) is 11.5. The fraction of sp³-hybridized carbons (Fsp3) is 0.250. The van der Waals surface area contributed by atoms with Gasteiger partial charge in [-0.25, -0.2) is 0 Å². The van der Waals surface area contributed by atoms with Gasteiger partial charge in [0, 0.05) is 20.4 Å². The summed E-state index contributed by atoms with van der Waals surface area (Å²) < 4.78 is 0.993. The molecule has 1 unspecified atom stereocenters. The summed E-state index contributed by atoms with van der Waals surface area (Å²) in [6.45, 7) is 4.29. The van der Waals surface area contributed by atoms with Gasteiger partial charge in [-0.3, -0.25) is 4.98 Å². The Morgan fingerprint density at radius 3 is 2.81 bits per heavy atom. The lowest BCUT2D eigenvalue weighted by Crippen LogP contribution is -2.04. The Hall–Kier alpha value is -0.870. The third kappa shape index (κ3) is 2.83. The van der Waals surface area contributed by atoms with Crippen LogP contribution in [0.15, 0.2) is 35.1 Å². The van der Waals surface area contributed by atoms with E-state index < -0.39 is 0 Å². The van der Waals surface area contributed by atoms with Crippen molar-refractivity contribution in [2.75, 3.05) is 5.32 Å². The molecular weight excluding hydrogens is 284 g/mol. The Balaban J connectivity index is 2.10. The van der Waals surface area contributed by atoms with Gasteiger partial charge in [0.15, 0.2) is 0 Å². The molecule has 4 heteroatoms. The number of nitrogens with one attached hydrogen (secondary N) is 1. The number of thiophene rings is 1. The summed E-state index contributed by atoms with van der Waals surface area (Å²) in [6.07, 6.45) is 3.62. The smallest absolute Gasteiger partial charge is 0.0579 e. The monoisotopic (exact) mass is 296 g/mol. The summed E-state index contributed by atoms with van der Waals surface area (Å²) in [5, 5.41) is 3.43. The highest BCUT2D eigenvalue weighted by atomic mass is 79.9.